The van der Waals surface area contributed by atoms with E-state index in [0.29, 0.717) is 0 Å². The Morgan fingerprint density at radius 2 is 1.78 bits per heavy atom. The minimum atomic E-state index is -0.808. The highest BCUT2D eigenvalue weighted by Crippen LogP contribution is 2.25. The summed E-state index contributed by atoms with van der Waals surface area (Å²) in [6.07, 6.45) is 0. The number of aliphatic carboxylic acids is 1. The standard InChI is InChI=1S/C14H14O3.Si/c1-9(14(15)16)10-3-4-12-8-13(17-2)6-5-11(12)7-10;/h3-9H,1-2H3,(H,15,16);/t9-;/m0./s1. The Labute approximate surface area is 110 Å². The predicted molar refractivity (Wildman–Crippen MR) is 72.3 cm³/mol. The minimum absolute atomic E-state index is 0. The van der Waals surface area contributed by atoms with Crippen molar-refractivity contribution in [3.05, 3.63) is 42.0 Å². The zero-order chi connectivity index (χ0) is 12.4. The number of hydrogen-bond acceptors (Lipinski definition) is 2. The van der Waals surface area contributed by atoms with Crippen LogP contribution in [0.4, 0.5) is 0 Å². The van der Waals surface area contributed by atoms with Crippen molar-refractivity contribution in [2.45, 2.75) is 12.8 Å². The second kappa shape index (κ2) is 5.69. The smallest absolute Gasteiger partial charge is 0.310 e. The molecular weight excluding hydrogens is 244 g/mol. The topological polar surface area (TPSA) is 46.5 Å². The number of ether oxygens (including phenoxy) is 1. The molecule has 1 N–H and O–H groups in total. The number of benzene rings is 2. The van der Waals surface area contributed by atoms with Crippen molar-refractivity contribution in [2.75, 3.05) is 7.11 Å². The summed E-state index contributed by atoms with van der Waals surface area (Å²) >= 11 is 0. The van der Waals surface area contributed by atoms with Gasteiger partial charge in [-0.25, -0.2) is 0 Å². The molecule has 0 heterocycles. The molecule has 0 amide bonds. The van der Waals surface area contributed by atoms with Crippen molar-refractivity contribution in [2.24, 2.45) is 0 Å². The van der Waals surface area contributed by atoms with Gasteiger partial charge in [-0.2, -0.15) is 0 Å². The van der Waals surface area contributed by atoms with Crippen molar-refractivity contribution in [1.82, 2.24) is 0 Å². The molecule has 0 spiro atoms. The van der Waals surface area contributed by atoms with Crippen LogP contribution in [0.25, 0.3) is 10.8 Å². The zero-order valence-corrected chi connectivity index (χ0v) is 11.3. The molecule has 2 rings (SSSR count). The first-order valence-corrected chi connectivity index (χ1v) is 5.42. The lowest BCUT2D eigenvalue weighted by molar-refractivity contribution is -0.138. The quantitative estimate of drug-likeness (QED) is 0.861. The average molecular weight is 258 g/mol. The van der Waals surface area contributed by atoms with Crippen LogP contribution in [0.5, 0.6) is 5.75 Å². The van der Waals surface area contributed by atoms with E-state index in [9.17, 15) is 4.79 Å². The van der Waals surface area contributed by atoms with Crippen LogP contribution in [0.3, 0.4) is 0 Å². The van der Waals surface area contributed by atoms with Crippen molar-refractivity contribution in [3.8, 4) is 5.75 Å². The molecule has 0 aromatic heterocycles. The molecule has 1 atom stereocenters. The van der Waals surface area contributed by atoms with E-state index in [1.807, 2.05) is 36.4 Å². The Hall–Kier alpha value is -1.81. The average Bonchev–Trinajstić information content (AvgIpc) is 2.36. The summed E-state index contributed by atoms with van der Waals surface area (Å²) < 4.78 is 5.14. The van der Waals surface area contributed by atoms with Gasteiger partial charge in [-0.05, 0) is 35.4 Å². The number of carboxylic acids is 1. The van der Waals surface area contributed by atoms with Gasteiger partial charge in [0.05, 0.1) is 13.0 Å². The van der Waals surface area contributed by atoms with Crippen LogP contribution < -0.4 is 4.74 Å². The van der Waals surface area contributed by atoms with Crippen molar-refractivity contribution in [3.63, 3.8) is 0 Å². The van der Waals surface area contributed by atoms with E-state index in [1.165, 1.54) is 0 Å². The van der Waals surface area contributed by atoms with Gasteiger partial charge in [-0.3, -0.25) is 4.79 Å². The summed E-state index contributed by atoms with van der Waals surface area (Å²) in [5.74, 6) is -0.490. The normalized spacial score (nSPS) is 11.7. The van der Waals surface area contributed by atoms with Crippen molar-refractivity contribution < 1.29 is 14.6 Å². The molecule has 0 unspecified atom stereocenters. The van der Waals surface area contributed by atoms with Gasteiger partial charge in [0.1, 0.15) is 5.75 Å². The first-order chi connectivity index (χ1) is 8.11. The number of methoxy groups -OCH3 is 1. The van der Waals surface area contributed by atoms with Gasteiger partial charge in [-0.1, -0.05) is 24.3 Å². The Morgan fingerprint density at radius 1 is 1.17 bits per heavy atom. The molecule has 0 aliphatic heterocycles. The summed E-state index contributed by atoms with van der Waals surface area (Å²) in [6, 6.07) is 11.4. The van der Waals surface area contributed by atoms with E-state index in [-0.39, 0.29) is 11.0 Å². The van der Waals surface area contributed by atoms with Gasteiger partial charge >= 0.3 is 5.97 Å². The first kappa shape index (κ1) is 14.2. The van der Waals surface area contributed by atoms with Gasteiger partial charge < -0.3 is 9.84 Å². The molecule has 0 fully saturated rings. The maximum atomic E-state index is 10.9. The van der Waals surface area contributed by atoms with Gasteiger partial charge in [-0.15, -0.1) is 0 Å². The number of carbonyl (C=O) groups is 1. The molecule has 0 saturated carbocycles. The van der Waals surface area contributed by atoms with Crippen LogP contribution in [0.15, 0.2) is 36.4 Å². The fraction of sp³-hybridized carbons (Fsp3) is 0.214. The molecule has 18 heavy (non-hydrogen) atoms. The van der Waals surface area contributed by atoms with Crippen molar-refractivity contribution in [1.29, 1.82) is 0 Å². The van der Waals surface area contributed by atoms with Crippen LogP contribution in [-0.4, -0.2) is 29.2 Å². The SMILES string of the molecule is COc1ccc2cc([C@H](C)C(=O)O)ccc2c1.[Si]. The van der Waals surface area contributed by atoms with Gasteiger partial charge in [0.2, 0.25) is 0 Å². The lowest BCUT2D eigenvalue weighted by atomic mass is 9.98. The Morgan fingerprint density at radius 3 is 2.39 bits per heavy atom. The number of fused-ring (bicyclic) bond motifs is 1. The molecule has 2 aromatic carbocycles. The zero-order valence-electron chi connectivity index (χ0n) is 10.3. The molecule has 4 radical (unpaired) electrons. The highest BCUT2D eigenvalue weighted by atomic mass is 28.1. The number of hydrogen-bond donors (Lipinski definition) is 1. The van der Waals surface area contributed by atoms with E-state index in [4.69, 9.17) is 9.84 Å². The molecule has 92 valence electrons. The van der Waals surface area contributed by atoms with Crippen LogP contribution in [0, 0.1) is 0 Å². The summed E-state index contributed by atoms with van der Waals surface area (Å²) in [5.41, 5.74) is 0.815. The van der Waals surface area contributed by atoms with E-state index in [2.05, 4.69) is 0 Å². The molecule has 0 bridgehead atoms. The molecule has 2 aromatic rings. The fourth-order valence-corrected chi connectivity index (χ4v) is 1.78. The Bertz CT molecular complexity index is 566. The fourth-order valence-electron chi connectivity index (χ4n) is 1.78. The van der Waals surface area contributed by atoms with Crippen LogP contribution in [0.2, 0.25) is 0 Å². The lowest BCUT2D eigenvalue weighted by Gasteiger charge is -2.08. The summed E-state index contributed by atoms with van der Waals surface area (Å²) in [4.78, 5) is 10.9. The van der Waals surface area contributed by atoms with E-state index < -0.39 is 11.9 Å². The monoisotopic (exact) mass is 258 g/mol. The third-order valence-corrected chi connectivity index (χ3v) is 2.94. The van der Waals surface area contributed by atoms with E-state index >= 15 is 0 Å². The predicted octanol–water partition coefficient (Wildman–Crippen LogP) is 2.66. The summed E-state index contributed by atoms with van der Waals surface area (Å²) in [5, 5.41) is 11.0. The van der Waals surface area contributed by atoms with Gasteiger partial charge in [0.25, 0.3) is 0 Å². The molecule has 3 nitrogen and oxygen atoms in total. The molecule has 0 aliphatic rings. The van der Waals surface area contributed by atoms with Crippen LogP contribution in [0.1, 0.15) is 18.4 Å². The Kier molecular flexibility index (Phi) is 4.50. The highest BCUT2D eigenvalue weighted by molar-refractivity contribution is 5.86. The second-order valence-corrected chi connectivity index (χ2v) is 4.03. The molecular formula is C14H14O3Si. The minimum Gasteiger partial charge on any atom is -0.497 e. The molecule has 0 aliphatic carbocycles. The second-order valence-electron chi connectivity index (χ2n) is 4.03. The molecule has 0 saturated heterocycles. The highest BCUT2D eigenvalue weighted by Gasteiger charge is 2.13. The Balaban J connectivity index is 0.00000162. The van der Waals surface area contributed by atoms with Gasteiger partial charge in [0, 0.05) is 11.0 Å². The number of carboxylic acid groups (broad SMARTS) is 1. The van der Waals surface area contributed by atoms with Gasteiger partial charge in [0.15, 0.2) is 0 Å². The largest absolute Gasteiger partial charge is 0.497 e. The third kappa shape index (κ3) is 2.71. The lowest BCUT2D eigenvalue weighted by Crippen LogP contribution is -2.06. The van der Waals surface area contributed by atoms with Crippen LogP contribution >= 0.6 is 0 Å². The maximum Gasteiger partial charge on any atom is 0.310 e. The maximum absolute atomic E-state index is 10.9. The molecule has 4 heteroatoms. The summed E-state index contributed by atoms with van der Waals surface area (Å²) in [6.45, 7) is 1.69. The third-order valence-electron chi connectivity index (χ3n) is 2.94. The summed E-state index contributed by atoms with van der Waals surface area (Å²) in [7, 11) is 1.63. The van der Waals surface area contributed by atoms with E-state index in [0.717, 1.165) is 22.1 Å². The van der Waals surface area contributed by atoms with E-state index in [1.54, 1.807) is 14.0 Å². The first-order valence-electron chi connectivity index (χ1n) is 5.42. The van der Waals surface area contributed by atoms with Crippen molar-refractivity contribution >= 4 is 27.7 Å². The van der Waals surface area contributed by atoms with Crippen LogP contribution in [-0.2, 0) is 4.79 Å². The number of rotatable bonds is 3.